The fourth-order valence-electron chi connectivity index (χ4n) is 1.11. The Morgan fingerprint density at radius 2 is 2.13 bits per heavy atom. The first-order valence-electron chi connectivity index (χ1n) is 4.53. The molecule has 0 spiro atoms. The van der Waals surface area contributed by atoms with Crippen LogP contribution in [-0.4, -0.2) is 39.1 Å². The van der Waals surface area contributed by atoms with Gasteiger partial charge in [0, 0.05) is 14.1 Å². The van der Waals surface area contributed by atoms with E-state index in [2.05, 4.69) is 32.8 Å². The first kappa shape index (κ1) is 10.2. The number of hydrogen-bond acceptors (Lipinski definition) is 6. The van der Waals surface area contributed by atoms with E-state index < -0.39 is 0 Å². The molecular formula is C8H12N6S. The summed E-state index contributed by atoms with van der Waals surface area (Å²) in [6, 6.07) is 0. The van der Waals surface area contributed by atoms with E-state index in [1.165, 1.54) is 4.80 Å². The Balaban J connectivity index is 2.52. The molecule has 15 heavy (non-hydrogen) atoms. The molecule has 2 rings (SSSR count). The van der Waals surface area contributed by atoms with Gasteiger partial charge in [-0.3, -0.25) is 0 Å². The average molecular weight is 224 g/mol. The molecule has 0 aliphatic rings. The highest BCUT2D eigenvalue weighted by atomic mass is 32.1. The van der Waals surface area contributed by atoms with Crippen molar-refractivity contribution >= 4 is 29.7 Å². The minimum atomic E-state index is -0.0676. The van der Waals surface area contributed by atoms with Crippen molar-refractivity contribution in [1.29, 1.82) is 0 Å². The fraction of sp³-hybridized carbons (Fsp3) is 0.500. The minimum absolute atomic E-state index is 0.0676. The maximum Gasteiger partial charge on any atom is 0.227 e. The number of anilines is 1. The third-order valence-corrected chi connectivity index (χ3v) is 2.09. The molecule has 6 nitrogen and oxygen atoms in total. The van der Waals surface area contributed by atoms with E-state index in [0.29, 0.717) is 17.1 Å². The van der Waals surface area contributed by atoms with Crippen LogP contribution in [0.15, 0.2) is 6.20 Å². The van der Waals surface area contributed by atoms with Crippen LogP contribution in [0.4, 0.5) is 5.95 Å². The van der Waals surface area contributed by atoms with Crippen molar-refractivity contribution in [2.24, 2.45) is 0 Å². The third kappa shape index (κ3) is 1.87. The van der Waals surface area contributed by atoms with Gasteiger partial charge in [0.25, 0.3) is 0 Å². The Labute approximate surface area is 92.7 Å². The summed E-state index contributed by atoms with van der Waals surface area (Å²) in [5.41, 5.74) is 1.27. The molecule has 80 valence electrons. The molecule has 0 amide bonds. The van der Waals surface area contributed by atoms with E-state index in [1.807, 2.05) is 25.9 Å². The molecule has 0 bridgehead atoms. The van der Waals surface area contributed by atoms with Gasteiger partial charge in [-0.2, -0.15) is 22.4 Å². The number of thiol groups is 1. The van der Waals surface area contributed by atoms with Crippen LogP contribution >= 0.6 is 12.6 Å². The zero-order valence-corrected chi connectivity index (χ0v) is 9.68. The SMILES string of the molecule is CC(S)n1nc2cnc(N(C)C)nc2n1. The molecule has 2 aromatic heterocycles. The molecular weight excluding hydrogens is 212 g/mol. The van der Waals surface area contributed by atoms with Gasteiger partial charge >= 0.3 is 0 Å². The Bertz CT molecular complexity index is 471. The molecule has 7 heteroatoms. The average Bonchev–Trinajstić information content (AvgIpc) is 2.59. The van der Waals surface area contributed by atoms with Gasteiger partial charge in [-0.25, -0.2) is 4.98 Å². The smallest absolute Gasteiger partial charge is 0.227 e. The van der Waals surface area contributed by atoms with Crippen molar-refractivity contribution in [3.8, 4) is 0 Å². The second kappa shape index (κ2) is 3.65. The van der Waals surface area contributed by atoms with E-state index in [1.54, 1.807) is 6.20 Å². The molecule has 2 heterocycles. The number of rotatable bonds is 2. The van der Waals surface area contributed by atoms with Gasteiger partial charge in [0.2, 0.25) is 11.6 Å². The molecule has 0 saturated heterocycles. The van der Waals surface area contributed by atoms with Gasteiger partial charge in [-0.15, -0.1) is 10.2 Å². The van der Waals surface area contributed by atoms with Crippen molar-refractivity contribution in [2.75, 3.05) is 19.0 Å². The fourth-order valence-corrected chi connectivity index (χ4v) is 1.22. The zero-order chi connectivity index (χ0) is 11.0. The maximum atomic E-state index is 4.26. The molecule has 1 atom stereocenters. The van der Waals surface area contributed by atoms with Gasteiger partial charge in [-0.1, -0.05) is 0 Å². The number of hydrogen-bond donors (Lipinski definition) is 1. The molecule has 0 fully saturated rings. The summed E-state index contributed by atoms with van der Waals surface area (Å²) in [5.74, 6) is 0.626. The van der Waals surface area contributed by atoms with Gasteiger partial charge in [0.05, 0.1) is 6.20 Å². The largest absolute Gasteiger partial charge is 0.347 e. The summed E-state index contributed by atoms with van der Waals surface area (Å²) >= 11 is 4.24. The van der Waals surface area contributed by atoms with Crippen molar-refractivity contribution in [3.05, 3.63) is 6.20 Å². The zero-order valence-electron chi connectivity index (χ0n) is 8.79. The molecule has 0 aliphatic heterocycles. The van der Waals surface area contributed by atoms with Crippen molar-refractivity contribution in [3.63, 3.8) is 0 Å². The van der Waals surface area contributed by atoms with Crippen LogP contribution in [0.1, 0.15) is 12.3 Å². The first-order valence-corrected chi connectivity index (χ1v) is 5.04. The standard InChI is InChI=1S/C8H12N6S/c1-5(15)14-11-6-4-9-8(13(2)3)10-7(6)12-14/h4-5,15H,1-3H3. The van der Waals surface area contributed by atoms with Crippen LogP contribution in [0.2, 0.25) is 0 Å². The lowest BCUT2D eigenvalue weighted by Crippen LogP contribution is -2.12. The van der Waals surface area contributed by atoms with E-state index in [9.17, 15) is 0 Å². The van der Waals surface area contributed by atoms with Crippen molar-refractivity contribution in [1.82, 2.24) is 25.0 Å². The van der Waals surface area contributed by atoms with E-state index >= 15 is 0 Å². The number of aromatic nitrogens is 5. The van der Waals surface area contributed by atoms with Crippen molar-refractivity contribution < 1.29 is 0 Å². The van der Waals surface area contributed by atoms with Crippen LogP contribution in [0.3, 0.4) is 0 Å². The van der Waals surface area contributed by atoms with Crippen LogP contribution in [0, 0.1) is 0 Å². The molecule has 0 saturated carbocycles. The Morgan fingerprint density at radius 1 is 1.40 bits per heavy atom. The molecule has 0 aromatic carbocycles. The molecule has 0 aliphatic carbocycles. The Hall–Kier alpha value is -1.37. The summed E-state index contributed by atoms with van der Waals surface area (Å²) in [5, 5.41) is 8.34. The Morgan fingerprint density at radius 3 is 2.73 bits per heavy atom. The van der Waals surface area contributed by atoms with E-state index in [4.69, 9.17) is 0 Å². The molecule has 1 unspecified atom stereocenters. The highest BCUT2D eigenvalue weighted by molar-refractivity contribution is 7.80. The van der Waals surface area contributed by atoms with Gasteiger partial charge < -0.3 is 4.90 Å². The van der Waals surface area contributed by atoms with Gasteiger partial charge in [0.1, 0.15) is 5.37 Å². The molecule has 2 aromatic rings. The topological polar surface area (TPSA) is 59.7 Å². The second-order valence-electron chi connectivity index (χ2n) is 3.43. The van der Waals surface area contributed by atoms with Crippen molar-refractivity contribution in [2.45, 2.75) is 12.3 Å². The summed E-state index contributed by atoms with van der Waals surface area (Å²) < 4.78 is 0. The maximum absolute atomic E-state index is 4.26. The second-order valence-corrected chi connectivity index (χ2v) is 4.17. The first-order chi connectivity index (χ1) is 7.08. The monoisotopic (exact) mass is 224 g/mol. The van der Waals surface area contributed by atoms with Crippen LogP contribution < -0.4 is 4.90 Å². The summed E-state index contributed by atoms with van der Waals surface area (Å²) in [7, 11) is 3.76. The predicted octanol–water partition coefficient (Wildman–Crippen LogP) is 0.736. The lowest BCUT2D eigenvalue weighted by atomic mass is 10.5. The lowest BCUT2D eigenvalue weighted by molar-refractivity contribution is 0.566. The van der Waals surface area contributed by atoms with Crippen LogP contribution in [0.5, 0.6) is 0 Å². The Kier molecular flexibility index (Phi) is 2.47. The van der Waals surface area contributed by atoms with Gasteiger partial charge in [-0.05, 0) is 6.92 Å². The minimum Gasteiger partial charge on any atom is -0.347 e. The summed E-state index contributed by atoms with van der Waals surface area (Å²) in [4.78, 5) is 11.8. The number of nitrogens with zero attached hydrogens (tertiary/aromatic N) is 6. The van der Waals surface area contributed by atoms with E-state index in [0.717, 1.165) is 0 Å². The quantitative estimate of drug-likeness (QED) is 0.762. The molecule has 0 N–H and O–H groups in total. The predicted molar refractivity (Wildman–Crippen MR) is 61.1 cm³/mol. The van der Waals surface area contributed by atoms with Gasteiger partial charge in [0.15, 0.2) is 5.52 Å². The summed E-state index contributed by atoms with van der Waals surface area (Å²) in [6.07, 6.45) is 1.66. The normalized spacial score (nSPS) is 13.1. The molecule has 0 radical (unpaired) electrons. The summed E-state index contributed by atoms with van der Waals surface area (Å²) in [6.45, 7) is 1.89. The van der Waals surface area contributed by atoms with E-state index in [-0.39, 0.29) is 5.37 Å². The highest BCUT2D eigenvalue weighted by Gasteiger charge is 2.09. The number of fused-ring (bicyclic) bond motifs is 1. The van der Waals surface area contributed by atoms with Crippen LogP contribution in [0.25, 0.3) is 11.2 Å². The van der Waals surface area contributed by atoms with Crippen LogP contribution in [-0.2, 0) is 0 Å². The third-order valence-electron chi connectivity index (χ3n) is 1.88. The lowest BCUT2D eigenvalue weighted by Gasteiger charge is -2.07. The highest BCUT2D eigenvalue weighted by Crippen LogP contribution is 2.13.